The number of likely N-dealkylation sites (N-methyl/N-ethyl adjacent to an activating group) is 1. The highest BCUT2D eigenvalue weighted by atomic mass is 35.5. The third kappa shape index (κ3) is 3.87. The number of carbonyl (C=O) groups is 1. The van der Waals surface area contributed by atoms with Crippen LogP contribution in [-0.2, 0) is 14.8 Å². The quantitative estimate of drug-likeness (QED) is 0.640. The van der Waals surface area contributed by atoms with E-state index in [0.717, 1.165) is 17.5 Å². The second-order valence-corrected chi connectivity index (χ2v) is 10.8. The Hall–Kier alpha value is -1.59. The van der Waals surface area contributed by atoms with Gasteiger partial charge in [0.1, 0.15) is 11.1 Å². The fourth-order valence-corrected chi connectivity index (χ4v) is 6.61. The number of rotatable bonds is 5. The van der Waals surface area contributed by atoms with Gasteiger partial charge in [-0.2, -0.15) is 14.1 Å². The van der Waals surface area contributed by atoms with E-state index in [1.54, 1.807) is 11.9 Å². The lowest BCUT2D eigenvalue weighted by atomic mass is 10.3. The zero-order valence-electron chi connectivity index (χ0n) is 15.9. The van der Waals surface area contributed by atoms with Crippen molar-refractivity contribution in [3.8, 4) is 5.69 Å². The molecule has 1 atom stereocenters. The molecule has 1 amide bonds. The number of hydrogen-bond acceptors (Lipinski definition) is 6. The molecular weight excluding hydrogens is 471 g/mol. The van der Waals surface area contributed by atoms with Gasteiger partial charge in [0.05, 0.1) is 27.7 Å². The molecule has 0 bridgehead atoms. The van der Waals surface area contributed by atoms with Crippen LogP contribution >= 0.6 is 35.0 Å². The summed E-state index contributed by atoms with van der Waals surface area (Å²) in [4.78, 5) is 26.7. The van der Waals surface area contributed by atoms with Gasteiger partial charge in [-0.1, -0.05) is 23.2 Å². The summed E-state index contributed by atoms with van der Waals surface area (Å²) in [5, 5.41) is 3.80. The molecule has 1 saturated carbocycles. The maximum absolute atomic E-state index is 13.2. The average molecular weight is 489 g/mol. The first-order chi connectivity index (χ1) is 14.2. The Kier molecular flexibility index (Phi) is 5.88. The summed E-state index contributed by atoms with van der Waals surface area (Å²) in [6.45, 7) is 0. The lowest BCUT2D eigenvalue weighted by molar-refractivity contribution is -0.133. The first kappa shape index (κ1) is 21.6. The van der Waals surface area contributed by atoms with E-state index in [2.05, 4.69) is 5.10 Å². The fourth-order valence-electron chi connectivity index (χ4n) is 3.23. The third-order valence-corrected chi connectivity index (χ3v) is 8.93. The molecule has 0 radical (unpaired) electrons. The van der Waals surface area contributed by atoms with Crippen LogP contribution in [0.5, 0.6) is 0 Å². The van der Waals surface area contributed by atoms with E-state index in [1.807, 2.05) is 0 Å². The standard InChI is InChI=1S/C18H18Cl2N4O4S2/c1-22(11-2-3-11)17(25)15-9-29-10-23(15)30(27,28)13-6-4-12(5-7-13)24-18(26)16(20)14(19)8-21-24/h4-8,11,15H,2-3,9-10H2,1H3. The summed E-state index contributed by atoms with van der Waals surface area (Å²) < 4.78 is 28.7. The molecule has 2 aromatic rings. The van der Waals surface area contributed by atoms with E-state index in [9.17, 15) is 18.0 Å². The highest BCUT2D eigenvalue weighted by Crippen LogP contribution is 2.32. The number of carbonyl (C=O) groups excluding carboxylic acids is 1. The molecule has 1 unspecified atom stereocenters. The van der Waals surface area contributed by atoms with E-state index >= 15 is 0 Å². The Bertz CT molecular complexity index is 1150. The summed E-state index contributed by atoms with van der Waals surface area (Å²) in [5.74, 6) is 0.469. The zero-order valence-corrected chi connectivity index (χ0v) is 19.0. The van der Waals surface area contributed by atoms with E-state index < -0.39 is 21.6 Å². The third-order valence-electron chi connectivity index (χ3n) is 5.13. The Balaban J connectivity index is 1.61. The largest absolute Gasteiger partial charge is 0.341 e. The molecule has 8 nitrogen and oxygen atoms in total. The van der Waals surface area contributed by atoms with Crippen LogP contribution in [-0.4, -0.2) is 64.1 Å². The fraction of sp³-hybridized carbons (Fsp3) is 0.389. The van der Waals surface area contributed by atoms with E-state index in [-0.39, 0.29) is 32.8 Å². The van der Waals surface area contributed by atoms with Crippen molar-refractivity contribution in [2.45, 2.75) is 29.8 Å². The lowest BCUT2D eigenvalue weighted by Gasteiger charge is -2.26. The van der Waals surface area contributed by atoms with Crippen molar-refractivity contribution in [3.63, 3.8) is 0 Å². The van der Waals surface area contributed by atoms with Gasteiger partial charge in [-0.25, -0.2) is 8.42 Å². The van der Waals surface area contributed by atoms with Gasteiger partial charge in [-0.15, -0.1) is 11.8 Å². The number of benzene rings is 1. The second-order valence-electron chi connectivity index (χ2n) is 7.11. The van der Waals surface area contributed by atoms with Gasteiger partial charge < -0.3 is 4.90 Å². The van der Waals surface area contributed by atoms with Gasteiger partial charge >= 0.3 is 0 Å². The molecule has 1 aliphatic heterocycles. The minimum atomic E-state index is -3.89. The summed E-state index contributed by atoms with van der Waals surface area (Å²) in [7, 11) is -2.16. The van der Waals surface area contributed by atoms with Crippen LogP contribution in [0.4, 0.5) is 0 Å². The number of hydrogen-bond donors (Lipinski definition) is 0. The number of amides is 1. The van der Waals surface area contributed by atoms with E-state index in [1.165, 1.54) is 46.5 Å². The van der Waals surface area contributed by atoms with Crippen molar-refractivity contribution in [3.05, 3.63) is 50.9 Å². The molecule has 2 heterocycles. The normalized spacial score (nSPS) is 19.8. The maximum atomic E-state index is 13.2. The van der Waals surface area contributed by atoms with E-state index in [0.29, 0.717) is 11.4 Å². The Labute approximate surface area is 187 Å². The number of halogens is 2. The molecule has 1 aromatic heterocycles. The maximum Gasteiger partial charge on any atom is 0.291 e. The number of aromatic nitrogens is 2. The summed E-state index contributed by atoms with van der Waals surface area (Å²) >= 11 is 13.1. The van der Waals surface area contributed by atoms with Crippen molar-refractivity contribution in [1.29, 1.82) is 0 Å². The predicted molar refractivity (Wildman–Crippen MR) is 116 cm³/mol. The van der Waals surface area contributed by atoms with Crippen LogP contribution in [0.25, 0.3) is 5.69 Å². The van der Waals surface area contributed by atoms with Crippen LogP contribution in [0, 0.1) is 0 Å². The smallest absolute Gasteiger partial charge is 0.291 e. The molecule has 0 N–H and O–H groups in total. The highest BCUT2D eigenvalue weighted by Gasteiger charge is 2.43. The molecule has 160 valence electrons. The molecule has 1 saturated heterocycles. The van der Waals surface area contributed by atoms with Gasteiger partial charge in [0.2, 0.25) is 15.9 Å². The van der Waals surface area contributed by atoms with Gasteiger partial charge in [0, 0.05) is 18.8 Å². The Morgan fingerprint density at radius 1 is 1.23 bits per heavy atom. The van der Waals surface area contributed by atoms with Crippen LogP contribution in [0.1, 0.15) is 12.8 Å². The first-order valence-electron chi connectivity index (χ1n) is 9.12. The molecule has 12 heteroatoms. The number of nitrogens with zero attached hydrogens (tertiary/aromatic N) is 4. The molecule has 1 aromatic carbocycles. The van der Waals surface area contributed by atoms with Gasteiger partial charge in [-0.05, 0) is 37.1 Å². The van der Waals surface area contributed by atoms with Crippen molar-refractivity contribution in [2.24, 2.45) is 0 Å². The molecular formula is C18H18Cl2N4O4S2. The molecule has 4 rings (SSSR count). The van der Waals surface area contributed by atoms with Crippen molar-refractivity contribution in [2.75, 3.05) is 18.7 Å². The van der Waals surface area contributed by atoms with Gasteiger partial charge in [0.15, 0.2) is 0 Å². The second kappa shape index (κ2) is 8.16. The van der Waals surface area contributed by atoms with E-state index in [4.69, 9.17) is 23.2 Å². The van der Waals surface area contributed by atoms with Crippen molar-refractivity contribution < 1.29 is 13.2 Å². The Morgan fingerprint density at radius 2 is 1.90 bits per heavy atom. The zero-order chi connectivity index (χ0) is 21.6. The number of thioether (sulfide) groups is 1. The summed E-state index contributed by atoms with van der Waals surface area (Å²) in [6.07, 6.45) is 3.15. The van der Waals surface area contributed by atoms with Crippen molar-refractivity contribution >= 4 is 50.9 Å². The monoisotopic (exact) mass is 488 g/mol. The van der Waals surface area contributed by atoms with Crippen LogP contribution in [0.3, 0.4) is 0 Å². The minimum absolute atomic E-state index is 0.0359. The molecule has 2 fully saturated rings. The van der Waals surface area contributed by atoms with Crippen LogP contribution < -0.4 is 5.56 Å². The minimum Gasteiger partial charge on any atom is -0.341 e. The predicted octanol–water partition coefficient (Wildman–Crippen LogP) is 2.22. The highest BCUT2D eigenvalue weighted by molar-refractivity contribution is 8.00. The molecule has 2 aliphatic rings. The van der Waals surface area contributed by atoms with Gasteiger partial charge in [0.25, 0.3) is 5.56 Å². The van der Waals surface area contributed by atoms with Crippen molar-refractivity contribution in [1.82, 2.24) is 19.0 Å². The number of sulfonamides is 1. The SMILES string of the molecule is CN(C(=O)C1CSCN1S(=O)(=O)c1ccc(-n2ncc(Cl)c(Cl)c2=O)cc1)C1CC1. The Morgan fingerprint density at radius 3 is 2.53 bits per heavy atom. The van der Waals surface area contributed by atoms with Crippen LogP contribution in [0.15, 0.2) is 40.2 Å². The van der Waals surface area contributed by atoms with Gasteiger partial charge in [-0.3, -0.25) is 9.59 Å². The van der Waals surface area contributed by atoms with Crippen LogP contribution in [0.2, 0.25) is 10.0 Å². The summed E-state index contributed by atoms with van der Waals surface area (Å²) in [6, 6.07) is 5.19. The molecule has 1 aliphatic carbocycles. The summed E-state index contributed by atoms with van der Waals surface area (Å²) in [5.41, 5.74) is -0.265. The lowest BCUT2D eigenvalue weighted by Crippen LogP contribution is -2.48. The first-order valence-corrected chi connectivity index (χ1v) is 12.5. The average Bonchev–Trinajstić information content (AvgIpc) is 3.46. The topological polar surface area (TPSA) is 92.6 Å². The molecule has 30 heavy (non-hydrogen) atoms. The molecule has 0 spiro atoms.